The van der Waals surface area contributed by atoms with Gasteiger partial charge in [0.05, 0.1) is 5.69 Å². The van der Waals surface area contributed by atoms with Crippen molar-refractivity contribution in [3.63, 3.8) is 0 Å². The summed E-state index contributed by atoms with van der Waals surface area (Å²) < 4.78 is 1.97. The Bertz CT molecular complexity index is 687. The lowest BCUT2D eigenvalue weighted by Gasteiger charge is -2.04. The van der Waals surface area contributed by atoms with Gasteiger partial charge in [0.2, 0.25) is 0 Å². The third-order valence-corrected chi connectivity index (χ3v) is 2.93. The fraction of sp³-hybridized carbons (Fsp3) is 0.154. The number of imidazole rings is 1. The predicted octanol–water partition coefficient (Wildman–Crippen LogP) is 1.56. The fourth-order valence-electron chi connectivity index (χ4n) is 1.98. The van der Waals surface area contributed by atoms with E-state index < -0.39 is 0 Å². The van der Waals surface area contributed by atoms with Gasteiger partial charge < -0.3 is 5.73 Å². The first-order chi connectivity index (χ1) is 8.79. The quantitative estimate of drug-likeness (QED) is 0.736. The van der Waals surface area contributed by atoms with E-state index in [1.165, 1.54) is 0 Å². The molecule has 18 heavy (non-hydrogen) atoms. The molecule has 3 aromatic rings. The molecule has 0 fully saturated rings. The van der Waals surface area contributed by atoms with E-state index in [1.54, 1.807) is 12.4 Å². The highest BCUT2D eigenvalue weighted by Gasteiger charge is 2.10. The standard InChI is InChI=1S/C13H13N5/c1-9-16-7-12(10-2-4-15-5-3-10)13-17-11(6-14)8-18(9)13/h2-5,7-8H,6,14H2,1H3. The summed E-state index contributed by atoms with van der Waals surface area (Å²) >= 11 is 0. The number of aryl methyl sites for hydroxylation is 1. The van der Waals surface area contributed by atoms with Gasteiger partial charge in [0.1, 0.15) is 11.5 Å². The summed E-state index contributed by atoms with van der Waals surface area (Å²) in [6.07, 6.45) is 7.30. The lowest BCUT2D eigenvalue weighted by molar-refractivity contribution is 0.979. The highest BCUT2D eigenvalue weighted by molar-refractivity contribution is 5.76. The predicted molar refractivity (Wildman–Crippen MR) is 68.8 cm³/mol. The number of hydrogen-bond donors (Lipinski definition) is 1. The summed E-state index contributed by atoms with van der Waals surface area (Å²) in [6, 6.07) is 3.90. The van der Waals surface area contributed by atoms with Crippen molar-refractivity contribution in [2.45, 2.75) is 13.5 Å². The Kier molecular flexibility index (Phi) is 2.53. The van der Waals surface area contributed by atoms with E-state index >= 15 is 0 Å². The fourth-order valence-corrected chi connectivity index (χ4v) is 1.98. The lowest BCUT2D eigenvalue weighted by Crippen LogP contribution is -1.96. The SMILES string of the molecule is Cc1ncc(-c2ccncc2)c2nc(CN)cn12. The van der Waals surface area contributed by atoms with E-state index in [1.807, 2.05) is 35.9 Å². The molecule has 3 aromatic heterocycles. The van der Waals surface area contributed by atoms with Gasteiger partial charge in [0.15, 0.2) is 0 Å². The Morgan fingerprint density at radius 1 is 1.28 bits per heavy atom. The van der Waals surface area contributed by atoms with Gasteiger partial charge in [0, 0.05) is 36.9 Å². The molecule has 90 valence electrons. The molecule has 0 saturated carbocycles. The molecule has 0 aliphatic carbocycles. The van der Waals surface area contributed by atoms with Gasteiger partial charge in [-0.25, -0.2) is 9.97 Å². The number of hydrogen-bond acceptors (Lipinski definition) is 4. The molecular weight excluding hydrogens is 226 g/mol. The summed E-state index contributed by atoms with van der Waals surface area (Å²) in [7, 11) is 0. The number of aromatic nitrogens is 4. The van der Waals surface area contributed by atoms with E-state index in [0.29, 0.717) is 6.54 Å². The maximum absolute atomic E-state index is 5.65. The van der Waals surface area contributed by atoms with E-state index in [-0.39, 0.29) is 0 Å². The minimum atomic E-state index is 0.427. The van der Waals surface area contributed by atoms with Crippen molar-refractivity contribution in [1.82, 2.24) is 19.4 Å². The first kappa shape index (κ1) is 10.9. The highest BCUT2D eigenvalue weighted by Crippen LogP contribution is 2.23. The number of fused-ring (bicyclic) bond motifs is 1. The van der Waals surface area contributed by atoms with Gasteiger partial charge in [-0.15, -0.1) is 0 Å². The van der Waals surface area contributed by atoms with Crippen LogP contribution in [0, 0.1) is 6.92 Å². The minimum absolute atomic E-state index is 0.427. The van der Waals surface area contributed by atoms with Crippen LogP contribution in [-0.2, 0) is 6.54 Å². The number of nitrogens with two attached hydrogens (primary N) is 1. The van der Waals surface area contributed by atoms with Crippen molar-refractivity contribution < 1.29 is 0 Å². The third kappa shape index (κ3) is 1.65. The molecular formula is C13H13N5. The summed E-state index contributed by atoms with van der Waals surface area (Å²) in [5.41, 5.74) is 9.43. The van der Waals surface area contributed by atoms with Gasteiger partial charge in [-0.3, -0.25) is 9.38 Å². The summed E-state index contributed by atoms with van der Waals surface area (Å²) in [5.74, 6) is 0.898. The number of nitrogens with zero attached hydrogens (tertiary/aromatic N) is 4. The third-order valence-electron chi connectivity index (χ3n) is 2.93. The van der Waals surface area contributed by atoms with Gasteiger partial charge in [-0.2, -0.15) is 0 Å². The van der Waals surface area contributed by atoms with Crippen molar-refractivity contribution >= 4 is 5.65 Å². The molecule has 2 N–H and O–H groups in total. The summed E-state index contributed by atoms with van der Waals surface area (Å²) in [5, 5.41) is 0. The molecule has 0 amide bonds. The van der Waals surface area contributed by atoms with Crippen LogP contribution >= 0.6 is 0 Å². The molecule has 0 aromatic carbocycles. The topological polar surface area (TPSA) is 69.1 Å². The van der Waals surface area contributed by atoms with Crippen molar-refractivity contribution in [1.29, 1.82) is 0 Å². The Morgan fingerprint density at radius 3 is 2.78 bits per heavy atom. The molecule has 5 heteroatoms. The highest BCUT2D eigenvalue weighted by atomic mass is 15.1. The Morgan fingerprint density at radius 2 is 2.06 bits per heavy atom. The smallest absolute Gasteiger partial charge is 0.147 e. The molecule has 3 heterocycles. The molecule has 5 nitrogen and oxygen atoms in total. The number of rotatable bonds is 2. The average Bonchev–Trinajstić information content (AvgIpc) is 2.85. The molecule has 0 saturated heterocycles. The molecule has 3 rings (SSSR count). The van der Waals surface area contributed by atoms with Crippen LogP contribution in [0.25, 0.3) is 16.8 Å². The molecule has 0 radical (unpaired) electrons. The van der Waals surface area contributed by atoms with Crippen LogP contribution < -0.4 is 5.73 Å². The second-order valence-corrected chi connectivity index (χ2v) is 4.08. The largest absolute Gasteiger partial charge is 0.325 e. The van der Waals surface area contributed by atoms with Gasteiger partial charge in [-0.1, -0.05) is 0 Å². The first-order valence-electron chi connectivity index (χ1n) is 5.73. The van der Waals surface area contributed by atoms with E-state index in [0.717, 1.165) is 28.3 Å². The lowest BCUT2D eigenvalue weighted by atomic mass is 10.1. The minimum Gasteiger partial charge on any atom is -0.325 e. The zero-order valence-corrected chi connectivity index (χ0v) is 10.0. The zero-order valence-electron chi connectivity index (χ0n) is 10.0. The maximum Gasteiger partial charge on any atom is 0.147 e. The number of pyridine rings is 1. The van der Waals surface area contributed by atoms with Crippen molar-refractivity contribution in [3.8, 4) is 11.1 Å². The Balaban J connectivity index is 2.30. The van der Waals surface area contributed by atoms with E-state index in [4.69, 9.17) is 5.73 Å². The summed E-state index contributed by atoms with van der Waals surface area (Å²) in [4.78, 5) is 13.0. The van der Waals surface area contributed by atoms with Crippen LogP contribution in [0.15, 0.2) is 36.9 Å². The summed E-state index contributed by atoms with van der Waals surface area (Å²) in [6.45, 7) is 2.38. The van der Waals surface area contributed by atoms with Crippen molar-refractivity contribution in [2.75, 3.05) is 0 Å². The van der Waals surface area contributed by atoms with Crippen LogP contribution in [0.2, 0.25) is 0 Å². The molecule has 0 atom stereocenters. The van der Waals surface area contributed by atoms with E-state index in [2.05, 4.69) is 15.0 Å². The van der Waals surface area contributed by atoms with Crippen molar-refractivity contribution in [3.05, 3.63) is 48.4 Å². The monoisotopic (exact) mass is 239 g/mol. The van der Waals surface area contributed by atoms with Crippen LogP contribution in [0.4, 0.5) is 0 Å². The maximum atomic E-state index is 5.65. The second-order valence-electron chi connectivity index (χ2n) is 4.08. The zero-order chi connectivity index (χ0) is 12.5. The van der Waals surface area contributed by atoms with Crippen LogP contribution in [0.1, 0.15) is 11.5 Å². The molecule has 0 unspecified atom stereocenters. The van der Waals surface area contributed by atoms with Crippen LogP contribution in [-0.4, -0.2) is 19.4 Å². The average molecular weight is 239 g/mol. The Labute approximate surface area is 104 Å². The van der Waals surface area contributed by atoms with Crippen LogP contribution in [0.3, 0.4) is 0 Å². The van der Waals surface area contributed by atoms with Crippen LogP contribution in [0.5, 0.6) is 0 Å². The van der Waals surface area contributed by atoms with Gasteiger partial charge in [0.25, 0.3) is 0 Å². The van der Waals surface area contributed by atoms with Gasteiger partial charge >= 0.3 is 0 Å². The normalized spacial score (nSPS) is 11.0. The van der Waals surface area contributed by atoms with Gasteiger partial charge in [-0.05, 0) is 24.6 Å². The molecule has 0 bridgehead atoms. The second kappa shape index (κ2) is 4.19. The molecule has 0 spiro atoms. The van der Waals surface area contributed by atoms with Crippen molar-refractivity contribution in [2.24, 2.45) is 5.73 Å². The Hall–Kier alpha value is -2.27. The molecule has 0 aliphatic heterocycles. The van der Waals surface area contributed by atoms with E-state index in [9.17, 15) is 0 Å². The molecule has 0 aliphatic rings. The first-order valence-corrected chi connectivity index (χ1v) is 5.73.